The molecule has 1 atom stereocenters. The maximum absolute atomic E-state index is 12.7. The summed E-state index contributed by atoms with van der Waals surface area (Å²) in [6, 6.07) is 12.2. The van der Waals surface area contributed by atoms with Gasteiger partial charge in [0.1, 0.15) is 6.10 Å². The summed E-state index contributed by atoms with van der Waals surface area (Å²) in [4.78, 5) is 25.2. The Morgan fingerprint density at radius 3 is 2.35 bits per heavy atom. The summed E-state index contributed by atoms with van der Waals surface area (Å²) in [5.74, 6) is -0.430. The number of ether oxygens (including phenoxy) is 1. The molecule has 5 heteroatoms. The molecule has 0 aromatic heterocycles. The average Bonchev–Trinajstić information content (AvgIpc) is 3.22. The molecule has 2 aromatic carbocycles. The standard InChI is InChI=1S/C21H24N2O3/c1-12(2)18(24)13-8-14(19-21(3,4)26-19)10-15(9-13)20(25)23-17-7-5-6-16(22)11-17/h5-12,19H,22H2,1-4H3,(H,23,25). The van der Waals surface area contributed by atoms with Crippen LogP contribution in [0.1, 0.15) is 60.1 Å². The maximum atomic E-state index is 12.7. The highest BCUT2D eigenvalue weighted by Crippen LogP contribution is 2.49. The molecule has 0 spiro atoms. The van der Waals surface area contributed by atoms with E-state index in [1.54, 1.807) is 36.4 Å². The molecule has 1 fully saturated rings. The fourth-order valence-electron chi connectivity index (χ4n) is 2.97. The predicted molar refractivity (Wildman–Crippen MR) is 102 cm³/mol. The predicted octanol–water partition coefficient (Wildman–Crippen LogP) is 4.21. The van der Waals surface area contributed by atoms with Crippen LogP contribution in [0.5, 0.6) is 0 Å². The molecule has 3 N–H and O–H groups in total. The third-order valence-electron chi connectivity index (χ3n) is 4.47. The molecule has 1 heterocycles. The minimum Gasteiger partial charge on any atom is -0.399 e. The van der Waals surface area contributed by atoms with E-state index in [2.05, 4.69) is 5.32 Å². The van der Waals surface area contributed by atoms with Crippen molar-refractivity contribution in [2.24, 2.45) is 5.92 Å². The summed E-state index contributed by atoms with van der Waals surface area (Å²) in [5.41, 5.74) is 8.47. The lowest BCUT2D eigenvalue weighted by atomic mass is 9.93. The number of ketones is 1. The van der Waals surface area contributed by atoms with Crippen LogP contribution in [0.3, 0.4) is 0 Å². The lowest BCUT2D eigenvalue weighted by Crippen LogP contribution is -2.15. The van der Waals surface area contributed by atoms with Crippen LogP contribution in [0.25, 0.3) is 0 Å². The van der Waals surface area contributed by atoms with Crippen LogP contribution in [-0.2, 0) is 4.74 Å². The van der Waals surface area contributed by atoms with Crippen molar-refractivity contribution in [3.05, 3.63) is 59.2 Å². The lowest BCUT2D eigenvalue weighted by Gasteiger charge is -2.11. The van der Waals surface area contributed by atoms with Crippen LogP contribution in [0.4, 0.5) is 11.4 Å². The molecule has 1 aliphatic heterocycles. The molecule has 136 valence electrons. The van der Waals surface area contributed by atoms with Gasteiger partial charge in [-0.25, -0.2) is 0 Å². The zero-order valence-corrected chi connectivity index (χ0v) is 15.5. The largest absolute Gasteiger partial charge is 0.399 e. The summed E-state index contributed by atoms with van der Waals surface area (Å²) >= 11 is 0. The Morgan fingerprint density at radius 2 is 1.77 bits per heavy atom. The fourth-order valence-corrected chi connectivity index (χ4v) is 2.97. The van der Waals surface area contributed by atoms with Crippen LogP contribution in [-0.4, -0.2) is 17.3 Å². The summed E-state index contributed by atoms with van der Waals surface area (Å²) in [6.45, 7) is 7.67. The van der Waals surface area contributed by atoms with E-state index in [1.807, 2.05) is 33.8 Å². The van der Waals surface area contributed by atoms with Gasteiger partial charge in [0.05, 0.1) is 5.60 Å². The van der Waals surface area contributed by atoms with E-state index in [1.165, 1.54) is 0 Å². The SMILES string of the molecule is CC(C)C(=O)c1cc(C(=O)Nc2cccc(N)c2)cc(C2OC2(C)C)c1. The Balaban J connectivity index is 1.94. The minimum absolute atomic E-state index is 0.00307. The highest BCUT2D eigenvalue weighted by Gasteiger charge is 2.49. The molecule has 0 radical (unpaired) electrons. The number of anilines is 2. The van der Waals surface area contributed by atoms with Crippen molar-refractivity contribution in [1.82, 2.24) is 0 Å². The summed E-state index contributed by atoms with van der Waals surface area (Å²) < 4.78 is 5.69. The molecule has 1 unspecified atom stereocenters. The maximum Gasteiger partial charge on any atom is 0.255 e. The monoisotopic (exact) mass is 352 g/mol. The Bertz CT molecular complexity index is 871. The number of amides is 1. The van der Waals surface area contributed by atoms with Crippen LogP contribution in [0.2, 0.25) is 0 Å². The molecule has 3 rings (SSSR count). The number of rotatable bonds is 5. The number of epoxide rings is 1. The van der Waals surface area contributed by atoms with Crippen molar-refractivity contribution in [3.63, 3.8) is 0 Å². The van der Waals surface area contributed by atoms with E-state index in [0.717, 1.165) is 5.56 Å². The highest BCUT2D eigenvalue weighted by molar-refractivity contribution is 6.07. The number of carbonyl (C=O) groups is 2. The van der Waals surface area contributed by atoms with E-state index in [-0.39, 0.29) is 29.3 Å². The second kappa shape index (κ2) is 6.57. The number of hydrogen-bond donors (Lipinski definition) is 2. The summed E-state index contributed by atoms with van der Waals surface area (Å²) in [5, 5.41) is 2.83. The molecular weight excluding hydrogens is 328 g/mol. The van der Waals surface area contributed by atoms with Gasteiger partial charge in [0.15, 0.2) is 5.78 Å². The van der Waals surface area contributed by atoms with Crippen molar-refractivity contribution in [2.45, 2.75) is 39.4 Å². The van der Waals surface area contributed by atoms with Crippen molar-refractivity contribution in [2.75, 3.05) is 11.1 Å². The molecule has 1 aliphatic rings. The van der Waals surface area contributed by atoms with Gasteiger partial charge in [0.25, 0.3) is 5.91 Å². The molecule has 26 heavy (non-hydrogen) atoms. The molecule has 2 aromatic rings. The average molecular weight is 352 g/mol. The second-order valence-electron chi connectivity index (χ2n) is 7.54. The molecule has 0 bridgehead atoms. The zero-order chi connectivity index (χ0) is 19.1. The number of nitrogen functional groups attached to an aromatic ring is 1. The van der Waals surface area contributed by atoms with Gasteiger partial charge < -0.3 is 15.8 Å². The molecule has 1 saturated heterocycles. The first-order chi connectivity index (χ1) is 12.2. The number of nitrogens with two attached hydrogens (primary N) is 1. The Labute approximate surface area is 153 Å². The first kappa shape index (κ1) is 18.1. The van der Waals surface area contributed by atoms with Gasteiger partial charge in [-0.2, -0.15) is 0 Å². The third kappa shape index (κ3) is 3.78. The lowest BCUT2D eigenvalue weighted by molar-refractivity contribution is 0.0939. The van der Waals surface area contributed by atoms with Crippen molar-refractivity contribution in [1.29, 1.82) is 0 Å². The Morgan fingerprint density at radius 1 is 1.12 bits per heavy atom. The Kier molecular flexibility index (Phi) is 4.59. The zero-order valence-electron chi connectivity index (χ0n) is 15.5. The third-order valence-corrected chi connectivity index (χ3v) is 4.47. The highest BCUT2D eigenvalue weighted by atomic mass is 16.6. The van der Waals surface area contributed by atoms with Crippen LogP contribution in [0, 0.1) is 5.92 Å². The van der Waals surface area contributed by atoms with Crippen LogP contribution < -0.4 is 11.1 Å². The van der Waals surface area contributed by atoms with Gasteiger partial charge in [-0.3, -0.25) is 9.59 Å². The topological polar surface area (TPSA) is 84.7 Å². The number of benzene rings is 2. The molecular formula is C21H24N2O3. The van der Waals surface area contributed by atoms with E-state index < -0.39 is 0 Å². The Hall–Kier alpha value is -2.66. The molecule has 0 aliphatic carbocycles. The summed E-state index contributed by atoms with van der Waals surface area (Å²) in [7, 11) is 0. The van der Waals surface area contributed by atoms with Gasteiger partial charge in [-0.1, -0.05) is 19.9 Å². The van der Waals surface area contributed by atoms with Gasteiger partial charge in [0, 0.05) is 28.4 Å². The van der Waals surface area contributed by atoms with Crippen LogP contribution in [0.15, 0.2) is 42.5 Å². The van der Waals surface area contributed by atoms with Gasteiger partial charge in [-0.05, 0) is 55.8 Å². The second-order valence-corrected chi connectivity index (χ2v) is 7.54. The van der Waals surface area contributed by atoms with Crippen molar-refractivity contribution < 1.29 is 14.3 Å². The number of nitrogens with one attached hydrogen (secondary N) is 1. The van der Waals surface area contributed by atoms with E-state index in [9.17, 15) is 9.59 Å². The van der Waals surface area contributed by atoms with Crippen molar-refractivity contribution >= 4 is 23.1 Å². The fraction of sp³-hybridized carbons (Fsp3) is 0.333. The quantitative estimate of drug-likeness (QED) is 0.479. The van der Waals surface area contributed by atoms with Gasteiger partial charge in [-0.15, -0.1) is 0 Å². The van der Waals surface area contributed by atoms with E-state index in [0.29, 0.717) is 22.5 Å². The molecule has 0 saturated carbocycles. The molecule has 5 nitrogen and oxygen atoms in total. The van der Waals surface area contributed by atoms with Crippen molar-refractivity contribution in [3.8, 4) is 0 Å². The number of carbonyl (C=O) groups excluding carboxylic acids is 2. The summed E-state index contributed by atoms with van der Waals surface area (Å²) in [6.07, 6.45) is -0.110. The first-order valence-corrected chi connectivity index (χ1v) is 8.71. The smallest absolute Gasteiger partial charge is 0.255 e. The van der Waals surface area contributed by atoms with Gasteiger partial charge >= 0.3 is 0 Å². The number of Topliss-reactive ketones (excluding diaryl/α,β-unsaturated/α-hetero) is 1. The normalized spacial score (nSPS) is 17.8. The first-order valence-electron chi connectivity index (χ1n) is 8.71. The minimum atomic E-state index is -0.284. The molecule has 1 amide bonds. The van der Waals surface area contributed by atoms with E-state index in [4.69, 9.17) is 10.5 Å². The van der Waals surface area contributed by atoms with Crippen LogP contribution >= 0.6 is 0 Å². The van der Waals surface area contributed by atoms with E-state index >= 15 is 0 Å². The number of hydrogen-bond acceptors (Lipinski definition) is 4. The van der Waals surface area contributed by atoms with Gasteiger partial charge in [0.2, 0.25) is 0 Å².